The number of hydrogen-bond acceptors (Lipinski definition) is 5. The molecule has 0 amide bonds. The first-order chi connectivity index (χ1) is 6.22. The van der Waals surface area contributed by atoms with E-state index in [2.05, 4.69) is 20.5 Å². The topological polar surface area (TPSA) is 102 Å². The van der Waals surface area contributed by atoms with Gasteiger partial charge in [0.15, 0.2) is 11.2 Å². The summed E-state index contributed by atoms with van der Waals surface area (Å²) in [6.45, 7) is 0. The van der Waals surface area contributed by atoms with E-state index in [0.717, 1.165) is 0 Å². The Morgan fingerprint density at radius 3 is 3.15 bits per heavy atom. The zero-order valence-electron chi connectivity index (χ0n) is 6.28. The van der Waals surface area contributed by atoms with Crippen molar-refractivity contribution in [2.45, 2.75) is 0 Å². The van der Waals surface area contributed by atoms with Gasteiger partial charge in [-0.3, -0.25) is 15.3 Å². The molecule has 0 aromatic carbocycles. The molecule has 0 bridgehead atoms. The lowest BCUT2D eigenvalue weighted by atomic mass is 10.5. The number of halogens is 1. The van der Waals surface area contributed by atoms with Crippen LogP contribution in [0.3, 0.4) is 0 Å². The van der Waals surface area contributed by atoms with Gasteiger partial charge in [0.1, 0.15) is 6.33 Å². The average molecular weight is 201 g/mol. The number of nitrogens with zero attached hydrogens (tertiary/aromatic N) is 3. The first-order valence-electron chi connectivity index (χ1n) is 3.32. The molecule has 13 heavy (non-hydrogen) atoms. The largest absolute Gasteiger partial charge is 0.295 e. The third-order valence-corrected chi connectivity index (χ3v) is 1.70. The first-order valence-corrected chi connectivity index (χ1v) is 3.69. The molecule has 2 aromatic heterocycles. The van der Waals surface area contributed by atoms with Gasteiger partial charge in [-0.05, 0) is 11.6 Å². The van der Waals surface area contributed by atoms with Crippen molar-refractivity contribution >= 4 is 22.8 Å². The first kappa shape index (κ1) is 8.02. The van der Waals surface area contributed by atoms with Crippen molar-refractivity contribution in [1.82, 2.24) is 19.6 Å². The highest BCUT2D eigenvalue weighted by Crippen LogP contribution is 2.05. The van der Waals surface area contributed by atoms with Gasteiger partial charge in [-0.1, -0.05) is 0 Å². The third-order valence-electron chi connectivity index (χ3n) is 1.52. The van der Waals surface area contributed by atoms with Gasteiger partial charge in [-0.15, -0.1) is 0 Å². The summed E-state index contributed by atoms with van der Waals surface area (Å²) in [7, 11) is 0. The Hall–Kier alpha value is -1.60. The summed E-state index contributed by atoms with van der Waals surface area (Å²) in [6, 6.07) is 0. The van der Waals surface area contributed by atoms with Crippen LogP contribution < -0.4 is 16.9 Å². The van der Waals surface area contributed by atoms with Crippen molar-refractivity contribution in [2.24, 2.45) is 5.84 Å². The number of nitrogens with two attached hydrogens (primary N) is 1. The number of hydrogen-bond donors (Lipinski definition) is 3. The molecule has 0 saturated carbocycles. The third kappa shape index (κ3) is 1.14. The van der Waals surface area contributed by atoms with Gasteiger partial charge in [0.25, 0.3) is 5.56 Å². The molecule has 2 heterocycles. The van der Waals surface area contributed by atoms with Gasteiger partial charge in [-0.2, -0.15) is 4.98 Å². The Balaban J connectivity index is 2.90. The fraction of sp³-hybridized carbons (Fsp3) is 0. The van der Waals surface area contributed by atoms with Crippen molar-refractivity contribution in [3.63, 3.8) is 0 Å². The van der Waals surface area contributed by atoms with Gasteiger partial charge in [0.2, 0.25) is 5.28 Å². The number of aromatic nitrogens is 4. The van der Waals surface area contributed by atoms with Crippen LogP contribution in [0.4, 0.5) is 0 Å². The van der Waals surface area contributed by atoms with Crippen molar-refractivity contribution in [3.05, 3.63) is 22.0 Å². The lowest BCUT2D eigenvalue weighted by molar-refractivity contribution is 0.892. The lowest BCUT2D eigenvalue weighted by Gasteiger charge is -1.98. The standard InChI is InChI=1S/C5H5ClN6O/c6-5-9-3-2(4(13)10-5)8-1-12(3)11-7/h1,11H,7H2,(H,9,10,13). The lowest BCUT2D eigenvalue weighted by Crippen LogP contribution is -2.21. The van der Waals surface area contributed by atoms with Crippen molar-refractivity contribution in [3.8, 4) is 0 Å². The van der Waals surface area contributed by atoms with Crippen molar-refractivity contribution in [2.75, 3.05) is 5.53 Å². The Labute approximate surface area is 76.5 Å². The molecule has 0 saturated heterocycles. The number of H-pyrrole nitrogens is 1. The van der Waals surface area contributed by atoms with Crippen LogP contribution in [0.25, 0.3) is 11.2 Å². The van der Waals surface area contributed by atoms with Gasteiger partial charge < -0.3 is 0 Å². The minimum atomic E-state index is -0.399. The maximum atomic E-state index is 11.2. The van der Waals surface area contributed by atoms with Gasteiger partial charge in [0, 0.05) is 0 Å². The minimum Gasteiger partial charge on any atom is -0.295 e. The average Bonchev–Trinajstić information content (AvgIpc) is 2.47. The molecule has 0 unspecified atom stereocenters. The number of nitrogens with one attached hydrogen (secondary N) is 2. The fourth-order valence-corrected chi connectivity index (χ4v) is 1.14. The van der Waals surface area contributed by atoms with Crippen LogP contribution in [0.1, 0.15) is 0 Å². The maximum Gasteiger partial charge on any atom is 0.280 e. The molecule has 0 spiro atoms. The minimum absolute atomic E-state index is 0.00509. The summed E-state index contributed by atoms with van der Waals surface area (Å²) >= 11 is 5.53. The second kappa shape index (κ2) is 2.71. The van der Waals surface area contributed by atoms with E-state index in [1.165, 1.54) is 11.0 Å². The summed E-state index contributed by atoms with van der Waals surface area (Å²) in [4.78, 5) is 21.1. The summed E-state index contributed by atoms with van der Waals surface area (Å²) < 4.78 is 1.29. The van der Waals surface area contributed by atoms with Crippen LogP contribution in [0, 0.1) is 0 Å². The van der Waals surface area contributed by atoms with Crippen molar-refractivity contribution < 1.29 is 0 Å². The van der Waals surface area contributed by atoms with Crippen LogP contribution in [-0.2, 0) is 0 Å². The van der Waals surface area contributed by atoms with E-state index in [-0.39, 0.29) is 16.4 Å². The maximum absolute atomic E-state index is 11.2. The molecule has 2 aromatic rings. The van der Waals surface area contributed by atoms with E-state index < -0.39 is 5.56 Å². The highest BCUT2D eigenvalue weighted by Gasteiger charge is 2.07. The molecule has 68 valence electrons. The van der Waals surface area contributed by atoms with E-state index in [1.54, 1.807) is 0 Å². The van der Waals surface area contributed by atoms with E-state index >= 15 is 0 Å². The van der Waals surface area contributed by atoms with Crippen LogP contribution >= 0.6 is 11.6 Å². The molecule has 0 atom stereocenters. The van der Waals surface area contributed by atoms with Crippen LogP contribution in [0.5, 0.6) is 0 Å². The number of nitrogen functional groups attached to an aromatic ring is 1. The molecule has 0 radical (unpaired) electrons. The van der Waals surface area contributed by atoms with E-state index in [4.69, 9.17) is 17.4 Å². The number of hydrazine groups is 1. The van der Waals surface area contributed by atoms with E-state index in [1.807, 2.05) is 0 Å². The summed E-state index contributed by atoms with van der Waals surface area (Å²) in [5.74, 6) is 5.14. The molecule has 4 N–H and O–H groups in total. The van der Waals surface area contributed by atoms with Gasteiger partial charge >= 0.3 is 0 Å². The number of aromatic amines is 1. The summed E-state index contributed by atoms with van der Waals surface area (Å²) in [5, 5.41) is -0.00509. The Morgan fingerprint density at radius 2 is 2.46 bits per heavy atom. The SMILES string of the molecule is NNn1cnc2c(=O)[nH]c(Cl)nc21. The number of fused-ring (bicyclic) bond motifs is 1. The predicted octanol–water partition coefficient (Wildman–Crippen LogP) is -0.810. The number of imidazole rings is 1. The summed E-state index contributed by atoms with van der Waals surface area (Å²) in [6.07, 6.45) is 1.34. The van der Waals surface area contributed by atoms with Gasteiger partial charge in [0.05, 0.1) is 0 Å². The second-order valence-corrected chi connectivity index (χ2v) is 2.63. The van der Waals surface area contributed by atoms with Crippen molar-refractivity contribution in [1.29, 1.82) is 0 Å². The zero-order valence-corrected chi connectivity index (χ0v) is 7.04. The molecule has 2 rings (SSSR count). The predicted molar refractivity (Wildman–Crippen MR) is 46.7 cm³/mol. The van der Waals surface area contributed by atoms with Crippen LogP contribution in [-0.4, -0.2) is 19.6 Å². The fourth-order valence-electron chi connectivity index (χ4n) is 0.977. The quantitative estimate of drug-likeness (QED) is 0.318. The second-order valence-electron chi connectivity index (χ2n) is 2.27. The molecule has 0 aliphatic carbocycles. The monoisotopic (exact) mass is 200 g/mol. The molecule has 7 nitrogen and oxygen atoms in total. The molecule has 0 aliphatic heterocycles. The summed E-state index contributed by atoms with van der Waals surface area (Å²) in [5.41, 5.74) is 2.36. The van der Waals surface area contributed by atoms with Crippen LogP contribution in [0.15, 0.2) is 11.1 Å². The highest BCUT2D eigenvalue weighted by atomic mass is 35.5. The zero-order chi connectivity index (χ0) is 9.42. The van der Waals surface area contributed by atoms with E-state index in [0.29, 0.717) is 0 Å². The highest BCUT2D eigenvalue weighted by molar-refractivity contribution is 6.28. The Bertz CT molecular complexity index is 501. The molecule has 0 fully saturated rings. The number of rotatable bonds is 1. The Kier molecular flexibility index (Phi) is 1.67. The molecule has 8 heteroatoms. The van der Waals surface area contributed by atoms with Crippen LogP contribution in [0.2, 0.25) is 5.28 Å². The molecular formula is C5H5ClN6O. The normalized spacial score (nSPS) is 10.6. The van der Waals surface area contributed by atoms with E-state index in [9.17, 15) is 4.79 Å². The molecule has 0 aliphatic rings. The van der Waals surface area contributed by atoms with Gasteiger partial charge in [-0.25, -0.2) is 15.5 Å². The molecular weight excluding hydrogens is 196 g/mol. The smallest absolute Gasteiger partial charge is 0.280 e. The Morgan fingerprint density at radius 1 is 1.69 bits per heavy atom.